The van der Waals surface area contributed by atoms with E-state index in [4.69, 9.17) is 45.3 Å². The third-order valence-electron chi connectivity index (χ3n) is 3.48. The minimum Gasteiger partial charge on any atom is -0.357 e. The lowest BCUT2D eigenvalue weighted by atomic mass is 10.6. The van der Waals surface area contributed by atoms with E-state index >= 15 is 0 Å². The van der Waals surface area contributed by atoms with Gasteiger partial charge in [0.2, 0.25) is 5.69 Å². The van der Waals surface area contributed by atoms with Gasteiger partial charge in [0.1, 0.15) is 8.64 Å². The van der Waals surface area contributed by atoms with Gasteiger partial charge in [-0.3, -0.25) is 0 Å². The van der Waals surface area contributed by atoms with Crippen molar-refractivity contribution in [2.45, 2.75) is 48.5 Å². The van der Waals surface area contributed by atoms with Crippen LogP contribution in [-0.2, 0) is 20.9 Å². The second-order valence-corrected chi connectivity index (χ2v) is 16.6. The van der Waals surface area contributed by atoms with Gasteiger partial charge in [-0.05, 0) is 80.7 Å². The molecule has 0 saturated heterocycles. The summed E-state index contributed by atoms with van der Waals surface area (Å²) in [5.41, 5.74) is -2.02. The van der Waals surface area contributed by atoms with Crippen LogP contribution in [0.5, 0.6) is 0 Å². The van der Waals surface area contributed by atoms with E-state index in [2.05, 4.69) is 44.4 Å². The van der Waals surface area contributed by atoms with Crippen molar-refractivity contribution in [3.05, 3.63) is 0 Å². The largest absolute Gasteiger partial charge is 0.357 e. The first-order valence-electron chi connectivity index (χ1n) is 10.3. The van der Waals surface area contributed by atoms with Crippen LogP contribution in [0.3, 0.4) is 0 Å². The predicted octanol–water partition coefficient (Wildman–Crippen LogP) is 7.39. The van der Waals surface area contributed by atoms with E-state index in [0.717, 1.165) is 52.1 Å². The van der Waals surface area contributed by atoms with Gasteiger partial charge in [0.25, 0.3) is 0 Å². The van der Waals surface area contributed by atoms with Crippen molar-refractivity contribution in [3.63, 3.8) is 0 Å². The fraction of sp³-hybridized carbons (Fsp3) is 0.889. The zero-order valence-corrected chi connectivity index (χ0v) is 26.0. The summed E-state index contributed by atoms with van der Waals surface area (Å²) in [4.78, 5) is 4.33. The molecule has 0 atom stereocenters. The normalized spacial score (nSPS) is 10.9. The molecule has 0 aromatic carbocycles. The summed E-state index contributed by atoms with van der Waals surface area (Å²) < 4.78 is 12.9. The summed E-state index contributed by atoms with van der Waals surface area (Å²) >= 11 is 19.7. The molecule has 180 valence electrons. The lowest BCUT2D eigenvalue weighted by Crippen LogP contribution is -2.28. The van der Waals surface area contributed by atoms with Gasteiger partial charge in [0.05, 0.1) is 13.2 Å². The van der Waals surface area contributed by atoms with Gasteiger partial charge < -0.3 is 18.8 Å². The van der Waals surface area contributed by atoms with Crippen LogP contribution in [0.2, 0.25) is 0 Å². The van der Waals surface area contributed by atoms with Crippen LogP contribution in [0.1, 0.15) is 48.5 Å². The lowest BCUT2D eigenvalue weighted by Gasteiger charge is -2.23. The Labute approximate surface area is 217 Å². The van der Waals surface area contributed by atoms with Gasteiger partial charge in [0.15, 0.2) is 0 Å². The first-order valence-corrected chi connectivity index (χ1v) is 18.7. The van der Waals surface area contributed by atoms with Crippen molar-refractivity contribution in [2.24, 2.45) is 0 Å². The maximum absolute atomic E-state index is 5.51. The van der Waals surface area contributed by atoms with Crippen LogP contribution in [0.25, 0.3) is 0 Å². The number of thioether (sulfide) groups is 1. The molecule has 0 radical (unpaired) electrons. The lowest BCUT2D eigenvalue weighted by molar-refractivity contribution is 0.280. The first-order chi connectivity index (χ1) is 14.3. The Balaban J connectivity index is 0. The van der Waals surface area contributed by atoms with E-state index in [0.29, 0.717) is 13.2 Å². The molecule has 12 heteroatoms. The molecule has 0 N–H and O–H groups in total. The van der Waals surface area contributed by atoms with Gasteiger partial charge in [-0.1, -0.05) is 42.7 Å². The van der Waals surface area contributed by atoms with Crippen molar-refractivity contribution in [1.82, 2.24) is 9.80 Å². The highest BCUT2D eigenvalue weighted by Crippen LogP contribution is 2.60. The van der Waals surface area contributed by atoms with E-state index in [1.807, 2.05) is 25.6 Å². The number of rotatable bonds is 13. The van der Waals surface area contributed by atoms with Crippen molar-refractivity contribution in [2.75, 3.05) is 56.7 Å². The molecule has 0 rings (SSSR count). The van der Waals surface area contributed by atoms with Crippen molar-refractivity contribution in [1.29, 1.82) is 0 Å². The molecule has 0 aromatic heterocycles. The van der Waals surface area contributed by atoms with Gasteiger partial charge in [0, 0.05) is 37.7 Å². The smallest absolute Gasteiger partial charge is 0.247 e. The number of hydrogen-bond donors (Lipinski definition) is 0. The maximum atomic E-state index is 5.51. The molecule has 0 aliphatic heterocycles. The van der Waals surface area contributed by atoms with Gasteiger partial charge >= 0.3 is 0 Å². The van der Waals surface area contributed by atoms with Crippen molar-refractivity contribution >= 4 is 95.3 Å². The summed E-state index contributed by atoms with van der Waals surface area (Å²) in [6, 6.07) is 0. The predicted molar refractivity (Wildman–Crippen MR) is 159 cm³/mol. The summed E-state index contributed by atoms with van der Waals surface area (Å²) in [6.07, 6.45) is 0. The summed E-state index contributed by atoms with van der Waals surface area (Å²) in [5.74, 6) is 3.31. The average molecular weight is 571 g/mol. The molecule has 4 nitrogen and oxygen atoms in total. The third kappa shape index (κ3) is 17.3. The molecule has 0 aliphatic carbocycles. The maximum Gasteiger partial charge on any atom is 0.247 e. The van der Waals surface area contributed by atoms with Crippen LogP contribution >= 0.6 is 74.9 Å². The van der Waals surface area contributed by atoms with E-state index < -0.39 is 5.69 Å². The van der Waals surface area contributed by atoms with Gasteiger partial charge in [-0.25, -0.2) is 0 Å². The fourth-order valence-corrected chi connectivity index (χ4v) is 10.8. The van der Waals surface area contributed by atoms with E-state index in [9.17, 15) is 0 Å². The molecule has 0 heterocycles. The summed E-state index contributed by atoms with van der Waals surface area (Å²) in [6.45, 7) is 19.7. The Morgan fingerprint density at radius 1 is 0.733 bits per heavy atom. The third-order valence-corrected chi connectivity index (χ3v) is 13.9. The fourth-order valence-electron chi connectivity index (χ4n) is 1.92. The minimum absolute atomic E-state index is 0.644. The standard InChI is InChI=1S/C10H20N2S4.C8H19O2PS3/c1-5-11(6-2)9(13)15-16-10(14)12(7-3)8-4;1-4-9-11(12,10-5-2)14-8-7-13-6-3/h5-8H2,1-4H3;4-8H2,1-3H3. The van der Waals surface area contributed by atoms with E-state index in [1.54, 1.807) is 33.0 Å². The Morgan fingerprint density at radius 3 is 1.43 bits per heavy atom. The molecular formula is C18H39N2O2PS7. The monoisotopic (exact) mass is 570 g/mol. The summed E-state index contributed by atoms with van der Waals surface area (Å²) in [5, 5.41) is 0. The molecule has 0 fully saturated rings. The Kier molecular flexibility index (Phi) is 25.5. The highest BCUT2D eigenvalue weighted by Gasteiger charge is 2.17. The second-order valence-electron chi connectivity index (χ2n) is 5.36. The molecule has 0 amide bonds. The first kappa shape index (κ1) is 33.9. The molecule has 0 aliphatic rings. The van der Waals surface area contributed by atoms with E-state index in [1.165, 1.54) is 0 Å². The van der Waals surface area contributed by atoms with Crippen LogP contribution in [0.4, 0.5) is 0 Å². The number of thiocarbonyl (C=S) groups is 2. The molecule has 0 unspecified atom stereocenters. The van der Waals surface area contributed by atoms with Crippen LogP contribution in [-0.4, -0.2) is 75.1 Å². The molecule has 0 spiro atoms. The van der Waals surface area contributed by atoms with Crippen molar-refractivity contribution in [3.8, 4) is 0 Å². The van der Waals surface area contributed by atoms with E-state index in [-0.39, 0.29) is 0 Å². The van der Waals surface area contributed by atoms with Crippen LogP contribution in [0.15, 0.2) is 0 Å². The zero-order valence-electron chi connectivity index (χ0n) is 19.4. The number of nitrogens with zero attached hydrogens (tertiary/aromatic N) is 2. The minimum atomic E-state index is -2.02. The molecule has 0 saturated carbocycles. The average Bonchev–Trinajstić information content (AvgIpc) is 2.72. The van der Waals surface area contributed by atoms with Gasteiger partial charge in [-0.2, -0.15) is 11.8 Å². The van der Waals surface area contributed by atoms with Crippen LogP contribution < -0.4 is 0 Å². The highest BCUT2D eigenvalue weighted by atomic mass is 33.1. The quantitative estimate of drug-likeness (QED) is 0.0959. The highest BCUT2D eigenvalue weighted by molar-refractivity contribution is 8.89. The SMILES string of the molecule is CCN(CC)C(=S)SSC(=S)N(CC)CC.CCOP(=S)(OCC)SCCSCC. The van der Waals surface area contributed by atoms with Crippen LogP contribution in [0, 0.1) is 0 Å². The summed E-state index contributed by atoms with van der Waals surface area (Å²) in [7, 11) is 3.18. The topological polar surface area (TPSA) is 24.9 Å². The number of hydrogen-bond acceptors (Lipinski definition) is 9. The second kappa shape index (κ2) is 22.5. The Bertz CT molecular complexity index is 459. The zero-order chi connectivity index (χ0) is 23.4. The Hall–Kier alpha value is 1.75. The molecule has 0 bridgehead atoms. The van der Waals surface area contributed by atoms with Gasteiger partial charge in [-0.15, -0.1) is 0 Å². The molecular weight excluding hydrogens is 532 g/mol. The Morgan fingerprint density at radius 2 is 1.13 bits per heavy atom. The molecule has 30 heavy (non-hydrogen) atoms. The van der Waals surface area contributed by atoms with Crippen molar-refractivity contribution < 1.29 is 9.05 Å². The molecule has 0 aromatic rings.